The maximum Gasteiger partial charge on any atom is 0.336 e. The summed E-state index contributed by atoms with van der Waals surface area (Å²) in [5.41, 5.74) is 0.406. The van der Waals surface area contributed by atoms with E-state index in [0.717, 1.165) is 5.30 Å². The van der Waals surface area contributed by atoms with Crippen LogP contribution < -0.4 is 10.6 Å². The summed E-state index contributed by atoms with van der Waals surface area (Å²) in [5.74, 6) is -0.531. The Morgan fingerprint density at radius 3 is 2.38 bits per heavy atom. The van der Waals surface area contributed by atoms with E-state index in [4.69, 9.17) is 0 Å². The molecular formula is C21H21O2P. The van der Waals surface area contributed by atoms with Crippen molar-refractivity contribution in [3.8, 4) is 0 Å². The molecule has 0 spiro atoms. The summed E-state index contributed by atoms with van der Waals surface area (Å²) in [5, 5.41) is 11.7. The van der Waals surface area contributed by atoms with Crippen LogP contribution in [0, 0.1) is 5.92 Å². The SMILES string of the molecule is CC1C=CC=CC1(C)[P@](c1ccccc1)c1ccccc1C(=O)O. The van der Waals surface area contributed by atoms with Crippen molar-refractivity contribution in [2.75, 3.05) is 0 Å². The van der Waals surface area contributed by atoms with E-state index in [-0.39, 0.29) is 5.16 Å². The molecule has 0 saturated carbocycles. The highest BCUT2D eigenvalue weighted by molar-refractivity contribution is 7.74. The highest BCUT2D eigenvalue weighted by Gasteiger charge is 2.40. The van der Waals surface area contributed by atoms with Crippen molar-refractivity contribution in [2.45, 2.75) is 19.0 Å². The van der Waals surface area contributed by atoms with E-state index >= 15 is 0 Å². The second kappa shape index (κ2) is 6.75. The van der Waals surface area contributed by atoms with Gasteiger partial charge in [0.25, 0.3) is 0 Å². The van der Waals surface area contributed by atoms with Crippen molar-refractivity contribution in [2.24, 2.45) is 5.92 Å². The molecule has 0 heterocycles. The van der Waals surface area contributed by atoms with Gasteiger partial charge in [0.15, 0.2) is 0 Å². The predicted molar refractivity (Wildman–Crippen MR) is 102 cm³/mol. The van der Waals surface area contributed by atoms with Gasteiger partial charge in [0.1, 0.15) is 0 Å². The number of carbonyl (C=O) groups is 1. The molecule has 2 aromatic carbocycles. The standard InChI is InChI=1S/C21H21O2P/c1-16-10-8-9-15-21(16,2)24(17-11-4-3-5-12-17)19-14-7-6-13-18(19)20(22)23/h3-16H,1-2H3,(H,22,23)/t16?,21?,24-/m1/s1. The van der Waals surface area contributed by atoms with Crippen LogP contribution >= 0.6 is 7.92 Å². The molecule has 0 amide bonds. The highest BCUT2D eigenvalue weighted by atomic mass is 31.1. The molecule has 122 valence electrons. The first-order valence-electron chi connectivity index (χ1n) is 8.07. The van der Waals surface area contributed by atoms with Gasteiger partial charge >= 0.3 is 5.97 Å². The summed E-state index contributed by atoms with van der Waals surface area (Å²) in [6.45, 7) is 4.46. The van der Waals surface area contributed by atoms with Gasteiger partial charge in [0, 0.05) is 5.16 Å². The zero-order valence-electron chi connectivity index (χ0n) is 13.9. The number of hydrogen-bond acceptors (Lipinski definition) is 1. The van der Waals surface area contributed by atoms with Gasteiger partial charge < -0.3 is 5.11 Å². The number of carboxylic acid groups (broad SMARTS) is 1. The normalized spacial score (nSPS) is 23.8. The maximum absolute atomic E-state index is 11.8. The minimum Gasteiger partial charge on any atom is -0.478 e. The molecule has 2 aromatic rings. The smallest absolute Gasteiger partial charge is 0.336 e. The fourth-order valence-electron chi connectivity index (χ4n) is 3.21. The van der Waals surface area contributed by atoms with Gasteiger partial charge in [-0.2, -0.15) is 0 Å². The van der Waals surface area contributed by atoms with E-state index in [2.05, 4.69) is 50.3 Å². The summed E-state index contributed by atoms with van der Waals surface area (Å²) in [6.07, 6.45) is 8.62. The van der Waals surface area contributed by atoms with Gasteiger partial charge in [0.05, 0.1) is 5.56 Å². The predicted octanol–water partition coefficient (Wildman–Crippen LogP) is 4.34. The fraction of sp³-hybridized carbons (Fsp3) is 0.190. The van der Waals surface area contributed by atoms with Gasteiger partial charge in [-0.25, -0.2) is 4.79 Å². The van der Waals surface area contributed by atoms with E-state index < -0.39 is 13.9 Å². The summed E-state index contributed by atoms with van der Waals surface area (Å²) >= 11 is 0. The zero-order valence-corrected chi connectivity index (χ0v) is 14.8. The molecule has 2 unspecified atom stereocenters. The lowest BCUT2D eigenvalue weighted by Gasteiger charge is -2.42. The lowest BCUT2D eigenvalue weighted by Crippen LogP contribution is -2.38. The number of hydrogen-bond donors (Lipinski definition) is 1. The number of allylic oxidation sites excluding steroid dienone is 4. The lowest BCUT2D eigenvalue weighted by atomic mass is 9.91. The molecule has 24 heavy (non-hydrogen) atoms. The molecule has 0 radical (unpaired) electrons. The van der Waals surface area contributed by atoms with E-state index in [1.165, 1.54) is 5.30 Å². The number of rotatable bonds is 4. The van der Waals surface area contributed by atoms with Crippen molar-refractivity contribution >= 4 is 24.5 Å². The fourth-order valence-corrected chi connectivity index (χ4v) is 6.41. The Morgan fingerprint density at radius 2 is 1.71 bits per heavy atom. The molecule has 1 aliphatic carbocycles. The van der Waals surface area contributed by atoms with Crippen LogP contribution in [0.5, 0.6) is 0 Å². The Balaban J connectivity index is 2.23. The molecule has 3 rings (SSSR count). The molecule has 1 N–H and O–H groups in total. The van der Waals surface area contributed by atoms with Crippen molar-refractivity contribution < 1.29 is 9.90 Å². The molecule has 0 saturated heterocycles. The lowest BCUT2D eigenvalue weighted by molar-refractivity contribution is 0.0698. The first-order chi connectivity index (χ1) is 11.5. The molecule has 0 aliphatic heterocycles. The van der Waals surface area contributed by atoms with Crippen LogP contribution in [0.2, 0.25) is 0 Å². The monoisotopic (exact) mass is 336 g/mol. The third-order valence-corrected chi connectivity index (χ3v) is 7.94. The van der Waals surface area contributed by atoms with Gasteiger partial charge in [-0.05, 0) is 30.5 Å². The van der Waals surface area contributed by atoms with Crippen LogP contribution in [0.25, 0.3) is 0 Å². The molecular weight excluding hydrogens is 315 g/mol. The Morgan fingerprint density at radius 1 is 1.04 bits per heavy atom. The largest absolute Gasteiger partial charge is 0.478 e. The van der Waals surface area contributed by atoms with Crippen LogP contribution in [0.15, 0.2) is 78.9 Å². The van der Waals surface area contributed by atoms with Gasteiger partial charge in [-0.3, -0.25) is 0 Å². The van der Waals surface area contributed by atoms with Crippen molar-refractivity contribution in [3.63, 3.8) is 0 Å². The molecule has 3 heteroatoms. The average Bonchev–Trinajstić information content (AvgIpc) is 2.59. The van der Waals surface area contributed by atoms with Crippen molar-refractivity contribution in [1.29, 1.82) is 0 Å². The molecule has 2 nitrogen and oxygen atoms in total. The maximum atomic E-state index is 11.8. The summed E-state index contributed by atoms with van der Waals surface area (Å²) < 4.78 is 0. The second-order valence-electron chi connectivity index (χ2n) is 6.25. The van der Waals surface area contributed by atoms with E-state index in [9.17, 15) is 9.90 Å². The van der Waals surface area contributed by atoms with Crippen molar-refractivity contribution in [1.82, 2.24) is 0 Å². The molecule has 1 aliphatic rings. The summed E-state index contributed by atoms with van der Waals surface area (Å²) in [7, 11) is -0.863. The number of aromatic carboxylic acids is 1. The molecule has 0 bridgehead atoms. The molecule has 0 aromatic heterocycles. The Bertz CT molecular complexity index is 794. The number of benzene rings is 2. The number of carboxylic acids is 1. The quantitative estimate of drug-likeness (QED) is 0.844. The van der Waals surface area contributed by atoms with E-state index in [0.29, 0.717) is 11.5 Å². The van der Waals surface area contributed by atoms with Gasteiger partial charge in [0.2, 0.25) is 0 Å². The van der Waals surface area contributed by atoms with Gasteiger partial charge in [-0.15, -0.1) is 0 Å². The Labute approximate surface area is 144 Å². The first kappa shape index (κ1) is 16.7. The average molecular weight is 336 g/mol. The van der Waals surface area contributed by atoms with E-state index in [1.807, 2.05) is 30.3 Å². The first-order valence-corrected chi connectivity index (χ1v) is 9.42. The van der Waals surface area contributed by atoms with Crippen LogP contribution in [0.4, 0.5) is 0 Å². The van der Waals surface area contributed by atoms with E-state index in [1.54, 1.807) is 12.1 Å². The van der Waals surface area contributed by atoms with Crippen LogP contribution in [0.1, 0.15) is 24.2 Å². The minimum absolute atomic E-state index is 0.128. The minimum atomic E-state index is -0.863. The van der Waals surface area contributed by atoms with Gasteiger partial charge in [-0.1, -0.05) is 86.7 Å². The highest BCUT2D eigenvalue weighted by Crippen LogP contribution is 2.54. The Kier molecular flexibility index (Phi) is 4.69. The van der Waals surface area contributed by atoms with Crippen LogP contribution in [-0.4, -0.2) is 16.2 Å². The molecule has 0 fully saturated rings. The van der Waals surface area contributed by atoms with Crippen molar-refractivity contribution in [3.05, 3.63) is 84.5 Å². The summed E-state index contributed by atoms with van der Waals surface area (Å²) in [6, 6.07) is 17.7. The second-order valence-corrected chi connectivity index (χ2v) is 8.88. The zero-order chi connectivity index (χ0) is 17.2. The third-order valence-electron chi connectivity index (χ3n) is 4.74. The molecule has 3 atom stereocenters. The Hall–Kier alpha value is -2.18. The topological polar surface area (TPSA) is 37.3 Å². The van der Waals surface area contributed by atoms with Crippen LogP contribution in [-0.2, 0) is 0 Å². The van der Waals surface area contributed by atoms with Crippen LogP contribution in [0.3, 0.4) is 0 Å². The third kappa shape index (κ3) is 2.95. The summed E-state index contributed by atoms with van der Waals surface area (Å²) in [4.78, 5) is 11.8.